The van der Waals surface area contributed by atoms with Crippen LogP contribution in [0.25, 0.3) is 0 Å². The maximum Gasteiger partial charge on any atom is 0.260 e. The van der Waals surface area contributed by atoms with Crippen molar-refractivity contribution in [3.63, 3.8) is 0 Å². The minimum Gasteiger partial charge on any atom is -0.463 e. The number of carbonyl (C=O) groups is 4. The smallest absolute Gasteiger partial charge is 0.260 e. The highest BCUT2D eigenvalue weighted by Crippen LogP contribution is 2.64. The molecular weight excluding hydrogens is 723 g/mol. The highest BCUT2D eigenvalue weighted by atomic mass is 35.5. The molecule has 3 N–H and O–H groups in total. The third-order valence-corrected chi connectivity index (χ3v) is 11.8. The maximum absolute atomic E-state index is 15.2. The number of hydrogen-bond acceptors (Lipinski definition) is 8. The van der Waals surface area contributed by atoms with E-state index >= 15 is 4.79 Å². The average Bonchev–Trinajstić information content (AvgIpc) is 3.84. The molecule has 12 heteroatoms. The first-order valence-corrected chi connectivity index (χ1v) is 18.4. The number of fused-ring (bicyclic) bond motifs is 4. The van der Waals surface area contributed by atoms with Gasteiger partial charge in [0.1, 0.15) is 29.4 Å². The van der Waals surface area contributed by atoms with Crippen molar-refractivity contribution in [3.8, 4) is 0 Å². The number of hydrazine groups is 1. The van der Waals surface area contributed by atoms with Crippen LogP contribution < -0.4 is 15.6 Å². The number of aliphatic hydroxyl groups excluding tert-OH is 1. The molecule has 4 amide bonds. The van der Waals surface area contributed by atoms with Crippen molar-refractivity contribution in [2.24, 2.45) is 23.7 Å². The molecule has 3 heterocycles. The number of aliphatic hydroxyl groups is 1. The molecule has 2 aliphatic heterocycles. The first kappa shape index (κ1) is 34.7. The second-order valence-corrected chi connectivity index (χ2v) is 14.8. The number of nitrogens with one attached hydrogen (secondary N) is 2. The monoisotopic (exact) mass is 756 g/mol. The van der Waals surface area contributed by atoms with Gasteiger partial charge in [-0.15, -0.1) is 0 Å². The average molecular weight is 757 g/mol. The highest BCUT2D eigenvalue weighted by Gasteiger charge is 2.71. The van der Waals surface area contributed by atoms with E-state index in [2.05, 4.69) is 10.7 Å². The molecule has 276 valence electrons. The van der Waals surface area contributed by atoms with Gasteiger partial charge in [-0.2, -0.15) is 5.01 Å². The summed E-state index contributed by atoms with van der Waals surface area (Å²) in [5.41, 5.74) is 5.00. The van der Waals surface area contributed by atoms with E-state index in [1.807, 2.05) is 48.5 Å². The summed E-state index contributed by atoms with van der Waals surface area (Å²) >= 11 is 6.35. The van der Waals surface area contributed by atoms with E-state index in [0.29, 0.717) is 33.3 Å². The Morgan fingerprint density at radius 2 is 1.47 bits per heavy atom. The molecular formula is C43H34ClFN4O6. The van der Waals surface area contributed by atoms with Crippen LogP contribution in [-0.2, 0) is 31.2 Å². The van der Waals surface area contributed by atoms with Crippen LogP contribution in [0, 0.1) is 29.5 Å². The first-order valence-electron chi connectivity index (χ1n) is 18.0. The van der Waals surface area contributed by atoms with Crippen LogP contribution in [0.4, 0.5) is 27.1 Å². The number of nitrogens with zero attached hydrogens (tertiary/aromatic N) is 2. The first-order chi connectivity index (χ1) is 26.7. The van der Waals surface area contributed by atoms with Crippen molar-refractivity contribution in [2.75, 3.05) is 15.6 Å². The third kappa shape index (κ3) is 5.48. The number of benzene rings is 4. The van der Waals surface area contributed by atoms with Crippen molar-refractivity contribution < 1.29 is 33.1 Å². The summed E-state index contributed by atoms with van der Waals surface area (Å²) in [7, 11) is 0. The van der Waals surface area contributed by atoms with Gasteiger partial charge in [-0.3, -0.25) is 29.5 Å². The van der Waals surface area contributed by atoms with Gasteiger partial charge >= 0.3 is 0 Å². The number of para-hydroxylation sites is 1. The van der Waals surface area contributed by atoms with Gasteiger partial charge in [0.25, 0.3) is 11.8 Å². The molecule has 1 saturated carbocycles. The summed E-state index contributed by atoms with van der Waals surface area (Å²) in [5.74, 6) is -5.74. The lowest BCUT2D eigenvalue weighted by Gasteiger charge is -2.49. The fraction of sp³-hybridized carbons (Fsp3) is 0.209. The van der Waals surface area contributed by atoms with E-state index in [1.54, 1.807) is 48.5 Å². The van der Waals surface area contributed by atoms with Crippen LogP contribution in [0.15, 0.2) is 131 Å². The Hall–Kier alpha value is -6.04. The molecule has 10 nitrogen and oxygen atoms in total. The normalized spacial score (nSPS) is 25.7. The summed E-state index contributed by atoms with van der Waals surface area (Å²) in [4.78, 5) is 60.0. The molecule has 1 aromatic heterocycles. The largest absolute Gasteiger partial charge is 0.463 e. The number of halogens is 2. The lowest BCUT2D eigenvalue weighted by atomic mass is 9.50. The van der Waals surface area contributed by atoms with Crippen LogP contribution in [-0.4, -0.2) is 33.7 Å². The predicted octanol–water partition coefficient (Wildman–Crippen LogP) is 7.50. The van der Waals surface area contributed by atoms with E-state index < -0.39 is 59.2 Å². The van der Waals surface area contributed by atoms with E-state index in [0.717, 1.165) is 16.4 Å². The summed E-state index contributed by atoms with van der Waals surface area (Å²) in [5, 5.41) is 14.8. The maximum atomic E-state index is 15.2. The molecule has 0 unspecified atom stereocenters. The second kappa shape index (κ2) is 13.4. The second-order valence-electron chi connectivity index (χ2n) is 14.4. The standard InChI is InChI=1S/C43H34ClFN4O6/c44-25-8-6-24(7-9-25)43-35(40(52)49(42(43)54)47-29-12-10-26(45)11-13-29)22-34-32(38(43)36-21-18-31(23-50)55-36)19-20-33-37(34)41(53)48(39(33)51)30-16-14-28(15-17-30)46-27-4-2-1-3-5-27/h1-19,21,33-35,37-38,46-47,50H,20,22-23H2/t33-,34+,35-,37-,38+,43+/m0/s1. The molecule has 6 atom stereocenters. The summed E-state index contributed by atoms with van der Waals surface area (Å²) in [6, 6.07) is 32.1. The van der Waals surface area contributed by atoms with E-state index in [9.17, 15) is 23.9 Å². The number of hydrogen-bond donors (Lipinski definition) is 3. The number of carbonyl (C=O) groups excluding carboxylic acids is 4. The van der Waals surface area contributed by atoms with E-state index in [1.165, 1.54) is 29.2 Å². The van der Waals surface area contributed by atoms with Crippen molar-refractivity contribution in [2.45, 2.75) is 30.8 Å². The number of allylic oxidation sites excluding steroid dienone is 2. The quantitative estimate of drug-likeness (QED) is 0.110. The zero-order chi connectivity index (χ0) is 38.0. The van der Waals surface area contributed by atoms with Crippen LogP contribution in [0.2, 0.25) is 5.02 Å². The van der Waals surface area contributed by atoms with Gasteiger partial charge in [-0.1, -0.05) is 53.6 Å². The molecule has 4 aromatic carbocycles. The fourth-order valence-corrected chi connectivity index (χ4v) is 9.36. The molecule has 5 aromatic rings. The van der Waals surface area contributed by atoms with Crippen molar-refractivity contribution in [1.29, 1.82) is 0 Å². The molecule has 2 aliphatic carbocycles. The Morgan fingerprint density at radius 3 is 2.16 bits per heavy atom. The number of anilines is 4. The number of imide groups is 2. The number of amides is 4. The van der Waals surface area contributed by atoms with Gasteiger partial charge < -0.3 is 14.8 Å². The Balaban J connectivity index is 1.14. The van der Waals surface area contributed by atoms with Crippen LogP contribution in [0.3, 0.4) is 0 Å². The minimum absolute atomic E-state index is 0.0820. The van der Waals surface area contributed by atoms with E-state index in [-0.39, 0.29) is 30.4 Å². The van der Waals surface area contributed by atoms with Crippen molar-refractivity contribution >= 4 is 58.0 Å². The number of rotatable bonds is 8. The lowest BCUT2D eigenvalue weighted by Crippen LogP contribution is -2.53. The summed E-state index contributed by atoms with van der Waals surface area (Å²) < 4.78 is 20.1. The Bertz CT molecular complexity index is 2360. The molecule has 2 saturated heterocycles. The minimum atomic E-state index is -1.58. The molecule has 4 aliphatic rings. The lowest BCUT2D eigenvalue weighted by molar-refractivity contribution is -0.138. The number of furan rings is 1. The topological polar surface area (TPSA) is 132 Å². The third-order valence-electron chi connectivity index (χ3n) is 11.6. The van der Waals surface area contributed by atoms with Gasteiger partial charge in [0, 0.05) is 16.4 Å². The Labute approximate surface area is 320 Å². The van der Waals surface area contributed by atoms with Gasteiger partial charge in [-0.05, 0) is 109 Å². The van der Waals surface area contributed by atoms with Gasteiger partial charge in [0.05, 0.1) is 35.0 Å². The molecule has 0 spiro atoms. The molecule has 0 radical (unpaired) electrons. The summed E-state index contributed by atoms with van der Waals surface area (Å²) in [6.07, 6.45) is 2.25. The van der Waals surface area contributed by atoms with Crippen molar-refractivity contribution in [1.82, 2.24) is 5.01 Å². The van der Waals surface area contributed by atoms with Crippen molar-refractivity contribution in [3.05, 3.63) is 155 Å². The highest BCUT2D eigenvalue weighted by molar-refractivity contribution is 6.30. The molecule has 0 bridgehead atoms. The van der Waals surface area contributed by atoms with E-state index in [4.69, 9.17) is 16.0 Å². The Morgan fingerprint density at radius 1 is 0.782 bits per heavy atom. The molecule has 3 fully saturated rings. The van der Waals surface area contributed by atoms with Crippen LogP contribution in [0.5, 0.6) is 0 Å². The zero-order valence-corrected chi connectivity index (χ0v) is 29.9. The zero-order valence-electron chi connectivity index (χ0n) is 29.2. The van der Waals surface area contributed by atoms with Gasteiger partial charge in [-0.25, -0.2) is 4.39 Å². The van der Waals surface area contributed by atoms with Crippen LogP contribution in [0.1, 0.15) is 35.8 Å². The van der Waals surface area contributed by atoms with Crippen LogP contribution >= 0.6 is 11.6 Å². The molecule has 55 heavy (non-hydrogen) atoms. The molecule has 9 rings (SSSR count). The Kier molecular flexibility index (Phi) is 8.43. The SMILES string of the molecule is O=C1[C@@H]2C[C@@H]3C(=CC[C@@H]4C(=O)N(c5ccc(Nc6ccccc6)cc5)C(=O)[C@@H]43)[C@H](c3ccc(CO)o3)[C@]2(c2ccc(Cl)cc2)C(=O)N1Nc1ccc(F)cc1. The van der Waals surface area contributed by atoms with Gasteiger partial charge in [0.2, 0.25) is 11.8 Å². The fourth-order valence-electron chi connectivity index (χ4n) is 9.23. The van der Waals surface area contributed by atoms with Gasteiger partial charge in [0.15, 0.2) is 0 Å². The predicted molar refractivity (Wildman–Crippen MR) is 202 cm³/mol. The summed E-state index contributed by atoms with van der Waals surface area (Å²) in [6.45, 7) is -0.399.